The van der Waals surface area contributed by atoms with Crippen LogP contribution in [0.5, 0.6) is 5.88 Å². The first-order valence-corrected chi connectivity index (χ1v) is 9.63. The third-order valence-electron chi connectivity index (χ3n) is 5.36. The molecule has 4 aromatic rings. The van der Waals surface area contributed by atoms with Gasteiger partial charge in [0.2, 0.25) is 5.88 Å². The molecule has 5 rings (SSSR count). The summed E-state index contributed by atoms with van der Waals surface area (Å²) < 4.78 is 15.5. The van der Waals surface area contributed by atoms with E-state index < -0.39 is 17.4 Å². The van der Waals surface area contributed by atoms with Gasteiger partial charge in [-0.15, -0.1) is 0 Å². The van der Waals surface area contributed by atoms with Crippen LogP contribution < -0.4 is 10.9 Å². The van der Waals surface area contributed by atoms with Crippen LogP contribution in [0.1, 0.15) is 22.9 Å². The normalized spacial score (nSPS) is 16.1. The Morgan fingerprint density at radius 3 is 2.69 bits per heavy atom. The highest BCUT2D eigenvalue weighted by molar-refractivity contribution is 7.71. The van der Waals surface area contributed by atoms with Gasteiger partial charge in [0.25, 0.3) is 5.56 Å². The van der Waals surface area contributed by atoms with Crippen molar-refractivity contribution in [3.63, 3.8) is 0 Å². The molecule has 6 nitrogen and oxygen atoms in total. The van der Waals surface area contributed by atoms with Crippen LogP contribution in [0.2, 0.25) is 0 Å². The van der Waals surface area contributed by atoms with Gasteiger partial charge in [-0.2, -0.15) is 0 Å². The summed E-state index contributed by atoms with van der Waals surface area (Å²) >= 11 is 5.21. The fraction of sp³-hybridized carbons (Fsp3) is 0.143. The number of nitrogens with one attached hydrogen (secondary N) is 3. The first kappa shape index (κ1) is 17.8. The molecule has 0 fully saturated rings. The average Bonchev–Trinajstić information content (AvgIpc) is 3.09. The van der Waals surface area contributed by atoms with E-state index in [0.29, 0.717) is 6.54 Å². The van der Waals surface area contributed by atoms with Gasteiger partial charge >= 0.3 is 0 Å². The number of halogens is 1. The molecule has 0 saturated heterocycles. The summed E-state index contributed by atoms with van der Waals surface area (Å²) in [4.78, 5) is 18.8. The number of hydrogen-bond donors (Lipinski definition) is 4. The van der Waals surface area contributed by atoms with Crippen molar-refractivity contribution >= 4 is 23.1 Å². The number of rotatable bonds is 2. The minimum Gasteiger partial charge on any atom is -0.494 e. The van der Waals surface area contributed by atoms with Crippen molar-refractivity contribution in [3.05, 3.63) is 86.3 Å². The van der Waals surface area contributed by atoms with Crippen molar-refractivity contribution in [1.29, 1.82) is 0 Å². The maximum absolute atomic E-state index is 14.4. The van der Waals surface area contributed by atoms with E-state index in [1.807, 2.05) is 24.3 Å². The van der Waals surface area contributed by atoms with Crippen molar-refractivity contribution < 1.29 is 9.50 Å². The van der Waals surface area contributed by atoms with Gasteiger partial charge in [0, 0.05) is 23.1 Å². The number of aromatic amines is 2. The van der Waals surface area contributed by atoms with Crippen LogP contribution in [-0.2, 0) is 6.42 Å². The Labute approximate surface area is 169 Å². The molecule has 0 saturated carbocycles. The fourth-order valence-corrected chi connectivity index (χ4v) is 4.36. The van der Waals surface area contributed by atoms with Gasteiger partial charge < -0.3 is 15.4 Å². The average molecular weight is 408 g/mol. The first-order valence-electron chi connectivity index (χ1n) is 9.22. The van der Waals surface area contributed by atoms with E-state index >= 15 is 0 Å². The van der Waals surface area contributed by atoms with Gasteiger partial charge in [-0.05, 0) is 42.4 Å². The molecule has 4 N–H and O–H groups in total. The smallest absolute Gasteiger partial charge is 0.260 e. The fourth-order valence-electron chi connectivity index (χ4n) is 4.08. The van der Waals surface area contributed by atoms with E-state index in [1.54, 1.807) is 12.1 Å². The van der Waals surface area contributed by atoms with Gasteiger partial charge in [0.1, 0.15) is 11.4 Å². The molecule has 1 atom stereocenters. The highest BCUT2D eigenvalue weighted by Crippen LogP contribution is 2.35. The molecule has 0 spiro atoms. The van der Waals surface area contributed by atoms with Crippen LogP contribution in [0.15, 0.2) is 53.3 Å². The molecule has 0 aliphatic carbocycles. The number of aromatic hydroxyl groups is 1. The molecular formula is C21H17FN4O2S. The van der Waals surface area contributed by atoms with Crippen LogP contribution in [-0.4, -0.2) is 26.2 Å². The van der Waals surface area contributed by atoms with Crippen LogP contribution in [0.4, 0.5) is 4.39 Å². The standard InChI is InChI=1S/C21H17FN4O2S/c22-13-6-2-4-8-15(13)26-20(28)16(19(27)25-21(26)29)18-17-12(9-10-23-18)11-5-1-3-7-14(11)24-17/h1-8,18,23-24,28H,9-10H2,(H,25,27,29). The van der Waals surface area contributed by atoms with E-state index in [0.717, 1.165) is 33.1 Å². The number of H-pyrrole nitrogens is 2. The van der Waals surface area contributed by atoms with Crippen molar-refractivity contribution in [2.75, 3.05) is 6.54 Å². The van der Waals surface area contributed by atoms with Gasteiger partial charge in [-0.3, -0.25) is 14.3 Å². The lowest BCUT2D eigenvalue weighted by Gasteiger charge is -2.25. The number of nitrogens with zero attached hydrogens (tertiary/aromatic N) is 1. The Bertz CT molecular complexity index is 1370. The lowest BCUT2D eigenvalue weighted by atomic mass is 9.95. The molecule has 2 aromatic heterocycles. The third kappa shape index (κ3) is 2.72. The SMILES string of the molecule is O=c1[nH]c(=S)n(-c2ccccc2F)c(O)c1C1NCCc2c1[nH]c1ccccc21. The van der Waals surface area contributed by atoms with Gasteiger partial charge in [0.15, 0.2) is 4.77 Å². The van der Waals surface area contributed by atoms with E-state index in [9.17, 15) is 14.3 Å². The summed E-state index contributed by atoms with van der Waals surface area (Å²) in [5.41, 5.74) is 2.53. The second kappa shape index (κ2) is 6.68. The molecule has 146 valence electrons. The molecule has 1 aliphatic rings. The Kier molecular flexibility index (Phi) is 4.11. The first-order chi connectivity index (χ1) is 14.1. The Balaban J connectivity index is 1.77. The molecule has 0 radical (unpaired) electrons. The number of aromatic nitrogens is 3. The monoisotopic (exact) mass is 408 g/mol. The van der Waals surface area contributed by atoms with Gasteiger partial charge in [-0.25, -0.2) is 4.39 Å². The second-order valence-corrected chi connectivity index (χ2v) is 7.37. The molecule has 29 heavy (non-hydrogen) atoms. The van der Waals surface area contributed by atoms with E-state index in [1.165, 1.54) is 12.1 Å². The van der Waals surface area contributed by atoms with E-state index in [2.05, 4.69) is 15.3 Å². The van der Waals surface area contributed by atoms with Crippen LogP contribution in [0.25, 0.3) is 16.6 Å². The molecule has 8 heteroatoms. The molecule has 1 aliphatic heterocycles. The van der Waals surface area contributed by atoms with Gasteiger partial charge in [-0.1, -0.05) is 30.3 Å². The Morgan fingerprint density at radius 2 is 1.86 bits per heavy atom. The topological polar surface area (TPSA) is 85.8 Å². The Hall–Kier alpha value is -3.23. The molecule has 1 unspecified atom stereocenters. The summed E-state index contributed by atoms with van der Waals surface area (Å²) in [6.07, 6.45) is 0.793. The zero-order valence-corrected chi connectivity index (χ0v) is 16.0. The predicted octanol–water partition coefficient (Wildman–Crippen LogP) is 3.46. The summed E-state index contributed by atoms with van der Waals surface area (Å²) in [6, 6.07) is 13.3. The third-order valence-corrected chi connectivity index (χ3v) is 5.65. The van der Waals surface area contributed by atoms with Gasteiger partial charge in [0.05, 0.1) is 11.7 Å². The lowest BCUT2D eigenvalue weighted by Crippen LogP contribution is -2.35. The highest BCUT2D eigenvalue weighted by atomic mass is 32.1. The minimum absolute atomic E-state index is 0.0696. The number of para-hydroxylation sites is 2. The number of fused-ring (bicyclic) bond motifs is 3. The zero-order valence-electron chi connectivity index (χ0n) is 15.2. The second-order valence-electron chi connectivity index (χ2n) is 6.98. The summed E-state index contributed by atoms with van der Waals surface area (Å²) in [6.45, 7) is 0.633. The summed E-state index contributed by atoms with van der Waals surface area (Å²) in [7, 11) is 0. The maximum atomic E-state index is 14.4. The zero-order chi connectivity index (χ0) is 20.1. The number of benzene rings is 2. The largest absolute Gasteiger partial charge is 0.494 e. The van der Waals surface area contributed by atoms with Crippen molar-refractivity contribution in [3.8, 4) is 11.6 Å². The minimum atomic E-state index is -0.580. The molecular weight excluding hydrogens is 391 g/mol. The van der Waals surface area contributed by atoms with E-state index in [4.69, 9.17) is 12.2 Å². The van der Waals surface area contributed by atoms with Crippen molar-refractivity contribution in [2.45, 2.75) is 12.5 Å². The number of hydrogen-bond acceptors (Lipinski definition) is 4. The molecule has 3 heterocycles. The van der Waals surface area contributed by atoms with Crippen LogP contribution >= 0.6 is 12.2 Å². The van der Waals surface area contributed by atoms with Crippen molar-refractivity contribution in [2.24, 2.45) is 0 Å². The highest BCUT2D eigenvalue weighted by Gasteiger charge is 2.31. The molecule has 0 bridgehead atoms. The predicted molar refractivity (Wildman–Crippen MR) is 111 cm³/mol. The summed E-state index contributed by atoms with van der Waals surface area (Å²) in [5.74, 6) is -0.937. The van der Waals surface area contributed by atoms with E-state index in [-0.39, 0.29) is 21.9 Å². The Morgan fingerprint density at radius 1 is 1.10 bits per heavy atom. The van der Waals surface area contributed by atoms with Crippen LogP contribution in [0.3, 0.4) is 0 Å². The lowest BCUT2D eigenvalue weighted by molar-refractivity contribution is 0.409. The summed E-state index contributed by atoms with van der Waals surface area (Å²) in [5, 5.41) is 15.4. The maximum Gasteiger partial charge on any atom is 0.260 e. The van der Waals surface area contributed by atoms with Crippen LogP contribution in [0, 0.1) is 10.6 Å². The quantitative estimate of drug-likeness (QED) is 0.383. The molecule has 2 aromatic carbocycles. The molecule has 0 amide bonds. The van der Waals surface area contributed by atoms with Crippen molar-refractivity contribution in [1.82, 2.24) is 19.9 Å².